The zero-order chi connectivity index (χ0) is 17.1. The average molecular weight is 332 g/mol. The molecule has 1 unspecified atom stereocenters. The first kappa shape index (κ1) is 16.2. The van der Waals surface area contributed by atoms with Gasteiger partial charge in [-0.1, -0.05) is 12.1 Å². The van der Waals surface area contributed by atoms with Crippen molar-refractivity contribution < 1.29 is 23.1 Å². The van der Waals surface area contributed by atoms with Crippen molar-refractivity contribution in [1.29, 1.82) is 0 Å². The number of carbonyl (C=O) groups excluding carboxylic acids is 2. The molecule has 1 saturated heterocycles. The molecule has 3 rings (SSSR count). The Labute approximate surface area is 138 Å². The predicted molar refractivity (Wildman–Crippen MR) is 81.6 cm³/mol. The summed E-state index contributed by atoms with van der Waals surface area (Å²) in [6.45, 7) is 1.84. The Balaban J connectivity index is 1.61. The first-order chi connectivity index (χ1) is 11.5. The Morgan fingerprint density at radius 3 is 2.79 bits per heavy atom. The highest BCUT2D eigenvalue weighted by Crippen LogP contribution is 2.32. The minimum atomic E-state index is -0.697. The lowest BCUT2D eigenvalue weighted by atomic mass is 10.0. The van der Waals surface area contributed by atoms with Gasteiger partial charge in [0.05, 0.1) is 6.04 Å². The summed E-state index contributed by atoms with van der Waals surface area (Å²) in [5.41, 5.74) is 0.914. The van der Waals surface area contributed by atoms with E-state index in [0.717, 1.165) is 18.4 Å². The van der Waals surface area contributed by atoms with E-state index < -0.39 is 5.97 Å². The second-order valence-corrected chi connectivity index (χ2v) is 5.62. The summed E-state index contributed by atoms with van der Waals surface area (Å²) in [5, 5.41) is 0. The highest BCUT2D eigenvalue weighted by Gasteiger charge is 2.30. The third kappa shape index (κ3) is 3.45. The Bertz CT molecular complexity index is 741. The van der Waals surface area contributed by atoms with Gasteiger partial charge in [-0.3, -0.25) is 4.79 Å². The van der Waals surface area contributed by atoms with Crippen LogP contribution in [0.2, 0.25) is 0 Å². The van der Waals surface area contributed by atoms with Crippen LogP contribution in [-0.2, 0) is 9.53 Å². The normalized spacial score (nSPS) is 17.1. The van der Waals surface area contributed by atoms with E-state index in [-0.39, 0.29) is 30.1 Å². The molecule has 0 saturated carbocycles. The van der Waals surface area contributed by atoms with E-state index in [1.807, 2.05) is 0 Å². The highest BCUT2D eigenvalue weighted by molar-refractivity contribution is 5.89. The molecule has 24 heavy (non-hydrogen) atoms. The number of rotatable bonds is 4. The molecule has 0 radical (unpaired) electrons. The number of amides is 1. The summed E-state index contributed by atoms with van der Waals surface area (Å²) < 4.78 is 23.0. The zero-order valence-electron chi connectivity index (χ0n) is 13.2. The molecule has 0 bridgehead atoms. The van der Waals surface area contributed by atoms with Crippen molar-refractivity contribution in [1.82, 2.24) is 9.88 Å². The van der Waals surface area contributed by atoms with Crippen molar-refractivity contribution in [2.75, 3.05) is 13.2 Å². The number of aryl methyl sites for hydroxylation is 1. The predicted octanol–water partition coefficient (Wildman–Crippen LogP) is 2.64. The van der Waals surface area contributed by atoms with Crippen LogP contribution in [0.1, 0.15) is 40.8 Å². The molecule has 1 aromatic heterocycles. The molecule has 6 nitrogen and oxygen atoms in total. The molecule has 1 atom stereocenters. The molecule has 2 aromatic rings. The fraction of sp³-hybridized carbons (Fsp3) is 0.353. The monoisotopic (exact) mass is 332 g/mol. The fourth-order valence-electron chi connectivity index (χ4n) is 2.84. The van der Waals surface area contributed by atoms with E-state index in [2.05, 4.69) is 4.98 Å². The third-order valence-corrected chi connectivity index (χ3v) is 3.98. The van der Waals surface area contributed by atoms with Gasteiger partial charge < -0.3 is 14.1 Å². The lowest BCUT2D eigenvalue weighted by molar-refractivity contribution is -0.135. The summed E-state index contributed by atoms with van der Waals surface area (Å²) in [6.07, 6.45) is 2.84. The fourth-order valence-corrected chi connectivity index (χ4v) is 2.84. The second kappa shape index (κ2) is 6.82. The summed E-state index contributed by atoms with van der Waals surface area (Å²) in [5.74, 6) is -0.941. The Kier molecular flexibility index (Phi) is 4.59. The number of aromatic nitrogens is 1. The molecule has 7 heteroatoms. The number of nitrogens with zero attached hydrogens (tertiary/aromatic N) is 2. The lowest BCUT2D eigenvalue weighted by Crippen LogP contribution is -2.34. The van der Waals surface area contributed by atoms with Crippen molar-refractivity contribution in [3.8, 4) is 0 Å². The van der Waals surface area contributed by atoms with Crippen LogP contribution in [0.15, 0.2) is 34.9 Å². The van der Waals surface area contributed by atoms with Gasteiger partial charge in [0.15, 0.2) is 18.2 Å². The molecule has 126 valence electrons. The van der Waals surface area contributed by atoms with Crippen LogP contribution in [0.25, 0.3) is 0 Å². The number of halogens is 1. The molecule has 1 fully saturated rings. The van der Waals surface area contributed by atoms with Crippen LogP contribution in [0, 0.1) is 12.7 Å². The van der Waals surface area contributed by atoms with Crippen LogP contribution in [0.4, 0.5) is 4.39 Å². The van der Waals surface area contributed by atoms with Crippen LogP contribution in [0.5, 0.6) is 0 Å². The van der Waals surface area contributed by atoms with Gasteiger partial charge in [0.25, 0.3) is 5.91 Å². The highest BCUT2D eigenvalue weighted by atomic mass is 19.1. The van der Waals surface area contributed by atoms with E-state index in [1.165, 1.54) is 18.4 Å². The van der Waals surface area contributed by atoms with Gasteiger partial charge in [-0.15, -0.1) is 0 Å². The second-order valence-electron chi connectivity index (χ2n) is 5.62. The average Bonchev–Trinajstić information content (AvgIpc) is 3.22. The quantitative estimate of drug-likeness (QED) is 0.805. The van der Waals surface area contributed by atoms with Crippen LogP contribution >= 0.6 is 0 Å². The molecular weight excluding hydrogens is 315 g/mol. The van der Waals surface area contributed by atoms with Gasteiger partial charge in [-0.05, 0) is 30.5 Å². The zero-order valence-corrected chi connectivity index (χ0v) is 13.2. The van der Waals surface area contributed by atoms with Gasteiger partial charge >= 0.3 is 5.97 Å². The Hall–Kier alpha value is -2.70. The van der Waals surface area contributed by atoms with E-state index >= 15 is 0 Å². The molecule has 1 aliphatic rings. The number of carbonyl (C=O) groups is 2. The van der Waals surface area contributed by atoms with Crippen molar-refractivity contribution in [3.05, 3.63) is 53.5 Å². The molecule has 0 aliphatic carbocycles. The molecule has 1 aromatic carbocycles. The van der Waals surface area contributed by atoms with E-state index in [9.17, 15) is 14.0 Å². The van der Waals surface area contributed by atoms with Crippen molar-refractivity contribution >= 4 is 11.9 Å². The maximum Gasteiger partial charge on any atom is 0.360 e. The lowest BCUT2D eigenvalue weighted by Gasteiger charge is -2.24. The first-order valence-electron chi connectivity index (χ1n) is 7.69. The SMILES string of the molecule is Cc1nc(C(=O)OCC(=O)N2CCCC2c2ccc(F)cc2)co1. The van der Waals surface area contributed by atoms with Crippen LogP contribution in [-0.4, -0.2) is 34.9 Å². The number of likely N-dealkylation sites (tertiary alicyclic amines) is 1. The number of ether oxygens (including phenoxy) is 1. The summed E-state index contributed by atoms with van der Waals surface area (Å²) in [4.78, 5) is 29.7. The molecular formula is C17H17FN2O4. The van der Waals surface area contributed by atoms with Crippen LogP contribution in [0.3, 0.4) is 0 Å². The van der Waals surface area contributed by atoms with Gasteiger partial charge in [0, 0.05) is 13.5 Å². The van der Waals surface area contributed by atoms with E-state index in [0.29, 0.717) is 12.4 Å². The van der Waals surface area contributed by atoms with Crippen molar-refractivity contribution in [2.24, 2.45) is 0 Å². The molecule has 0 N–H and O–H groups in total. The minimum absolute atomic E-state index is 0.0387. The molecule has 2 heterocycles. The maximum atomic E-state index is 13.1. The van der Waals surface area contributed by atoms with Gasteiger partial charge in [-0.25, -0.2) is 14.2 Å². The van der Waals surface area contributed by atoms with E-state index in [1.54, 1.807) is 24.0 Å². The molecule has 1 aliphatic heterocycles. The number of hydrogen-bond acceptors (Lipinski definition) is 5. The van der Waals surface area contributed by atoms with Crippen molar-refractivity contribution in [2.45, 2.75) is 25.8 Å². The van der Waals surface area contributed by atoms with Gasteiger partial charge in [0.2, 0.25) is 0 Å². The Morgan fingerprint density at radius 1 is 1.38 bits per heavy atom. The first-order valence-corrected chi connectivity index (χ1v) is 7.69. The summed E-state index contributed by atoms with van der Waals surface area (Å²) in [6, 6.07) is 5.99. The smallest absolute Gasteiger partial charge is 0.360 e. The summed E-state index contributed by atoms with van der Waals surface area (Å²) in [7, 11) is 0. The number of hydrogen-bond donors (Lipinski definition) is 0. The standard InChI is InChI=1S/C17H17FN2O4/c1-11-19-14(9-23-11)17(22)24-10-16(21)20-8-2-3-15(20)12-4-6-13(18)7-5-12/h4-7,9,15H,2-3,8,10H2,1H3. The van der Waals surface area contributed by atoms with E-state index in [4.69, 9.17) is 9.15 Å². The topological polar surface area (TPSA) is 72.6 Å². The number of benzene rings is 1. The minimum Gasteiger partial charge on any atom is -0.451 e. The van der Waals surface area contributed by atoms with Crippen LogP contribution < -0.4 is 0 Å². The van der Waals surface area contributed by atoms with Gasteiger partial charge in [0.1, 0.15) is 12.1 Å². The Morgan fingerprint density at radius 2 is 2.12 bits per heavy atom. The molecule has 1 amide bonds. The van der Waals surface area contributed by atoms with Gasteiger partial charge in [-0.2, -0.15) is 0 Å². The van der Waals surface area contributed by atoms with Crippen molar-refractivity contribution in [3.63, 3.8) is 0 Å². The largest absolute Gasteiger partial charge is 0.451 e. The number of esters is 1. The summed E-state index contributed by atoms with van der Waals surface area (Å²) >= 11 is 0. The number of oxazole rings is 1. The molecule has 0 spiro atoms. The maximum absolute atomic E-state index is 13.1. The third-order valence-electron chi connectivity index (χ3n) is 3.98.